The van der Waals surface area contributed by atoms with E-state index < -0.39 is 0 Å². The molecule has 0 saturated carbocycles. The maximum Gasteiger partial charge on any atom is 0.130 e. The molecule has 108 valence electrons. The van der Waals surface area contributed by atoms with Gasteiger partial charge >= 0.3 is 0 Å². The molecule has 0 saturated heterocycles. The van der Waals surface area contributed by atoms with Crippen molar-refractivity contribution in [3.05, 3.63) is 46.8 Å². The molecule has 0 fully saturated rings. The molecule has 0 bridgehead atoms. The summed E-state index contributed by atoms with van der Waals surface area (Å²) in [5.74, 6) is 0.956. The zero-order valence-corrected chi connectivity index (χ0v) is 12.5. The normalized spacial score (nSPS) is 10.8. The number of hydrogen-bond donors (Lipinski definition) is 1. The van der Waals surface area contributed by atoms with Crippen molar-refractivity contribution < 1.29 is 4.74 Å². The highest BCUT2D eigenvalue weighted by molar-refractivity contribution is 5.41. The minimum absolute atomic E-state index is 0.534. The van der Waals surface area contributed by atoms with E-state index in [1.807, 2.05) is 17.8 Å². The summed E-state index contributed by atoms with van der Waals surface area (Å²) < 4.78 is 7.92. The Labute approximate surface area is 120 Å². The Morgan fingerprint density at radius 3 is 2.80 bits per heavy atom. The van der Waals surface area contributed by atoms with E-state index in [1.165, 1.54) is 5.56 Å². The molecule has 0 amide bonds. The van der Waals surface area contributed by atoms with Crippen LogP contribution in [0.4, 0.5) is 0 Å². The largest absolute Gasteiger partial charge is 0.487 e. The number of rotatable bonds is 6. The Kier molecular flexibility index (Phi) is 4.79. The smallest absolute Gasteiger partial charge is 0.130 e. The van der Waals surface area contributed by atoms with Crippen molar-refractivity contribution in [1.29, 1.82) is 0 Å². The van der Waals surface area contributed by atoms with Crippen molar-refractivity contribution in [2.75, 3.05) is 6.54 Å². The number of aryl methyl sites for hydroxylation is 3. The second kappa shape index (κ2) is 6.57. The summed E-state index contributed by atoms with van der Waals surface area (Å²) in [6.45, 7) is 5.33. The quantitative estimate of drug-likeness (QED) is 0.879. The van der Waals surface area contributed by atoms with Crippen LogP contribution in [-0.4, -0.2) is 16.3 Å². The fourth-order valence-electron chi connectivity index (χ4n) is 2.30. The first kappa shape index (κ1) is 14.6. The maximum absolute atomic E-state index is 6.03. The van der Waals surface area contributed by atoms with Crippen molar-refractivity contribution in [3.8, 4) is 5.75 Å². The maximum atomic E-state index is 6.03. The van der Waals surface area contributed by atoms with Gasteiger partial charge in [0.05, 0.1) is 11.4 Å². The molecule has 1 heterocycles. The lowest BCUT2D eigenvalue weighted by atomic mass is 10.1. The van der Waals surface area contributed by atoms with Crippen LogP contribution in [0.2, 0.25) is 0 Å². The van der Waals surface area contributed by atoms with Gasteiger partial charge in [-0.15, -0.1) is 0 Å². The molecule has 0 aliphatic rings. The van der Waals surface area contributed by atoms with E-state index in [0.29, 0.717) is 13.2 Å². The monoisotopic (exact) mass is 273 g/mol. The topological polar surface area (TPSA) is 53.1 Å². The summed E-state index contributed by atoms with van der Waals surface area (Å²) >= 11 is 0. The molecule has 2 aromatic rings. The van der Waals surface area contributed by atoms with Gasteiger partial charge in [0.2, 0.25) is 0 Å². The van der Waals surface area contributed by atoms with Gasteiger partial charge in [0.1, 0.15) is 12.4 Å². The number of ether oxygens (including phenoxy) is 1. The van der Waals surface area contributed by atoms with Crippen molar-refractivity contribution in [2.45, 2.75) is 33.3 Å². The predicted octanol–water partition coefficient (Wildman–Crippen LogP) is 2.37. The Morgan fingerprint density at radius 1 is 1.35 bits per heavy atom. The SMILES string of the molecule is CCc1cc(COc2c(C)cccc2CCN)n(C)n1. The molecule has 2 N–H and O–H groups in total. The third kappa shape index (κ3) is 3.20. The highest BCUT2D eigenvalue weighted by Gasteiger charge is 2.09. The van der Waals surface area contributed by atoms with Crippen molar-refractivity contribution in [3.63, 3.8) is 0 Å². The van der Waals surface area contributed by atoms with Crippen LogP contribution < -0.4 is 10.5 Å². The number of nitrogens with zero attached hydrogens (tertiary/aromatic N) is 2. The summed E-state index contributed by atoms with van der Waals surface area (Å²) in [5.41, 5.74) is 10.2. The summed E-state index contributed by atoms with van der Waals surface area (Å²) in [5, 5.41) is 4.44. The molecule has 0 radical (unpaired) electrons. The predicted molar refractivity (Wildman–Crippen MR) is 80.9 cm³/mol. The lowest BCUT2D eigenvalue weighted by Crippen LogP contribution is -2.08. The highest BCUT2D eigenvalue weighted by Crippen LogP contribution is 2.24. The van der Waals surface area contributed by atoms with Gasteiger partial charge in [0.25, 0.3) is 0 Å². The van der Waals surface area contributed by atoms with Gasteiger partial charge in [-0.05, 0) is 43.5 Å². The lowest BCUT2D eigenvalue weighted by molar-refractivity contribution is 0.290. The fourth-order valence-corrected chi connectivity index (χ4v) is 2.30. The second-order valence-corrected chi connectivity index (χ2v) is 4.99. The van der Waals surface area contributed by atoms with Crippen LogP contribution in [0.3, 0.4) is 0 Å². The van der Waals surface area contributed by atoms with Gasteiger partial charge in [-0.3, -0.25) is 4.68 Å². The van der Waals surface area contributed by atoms with E-state index in [2.05, 4.69) is 37.1 Å². The van der Waals surface area contributed by atoms with Gasteiger partial charge in [-0.25, -0.2) is 0 Å². The van der Waals surface area contributed by atoms with E-state index in [9.17, 15) is 0 Å². The number of nitrogens with two attached hydrogens (primary N) is 1. The molecule has 4 heteroatoms. The van der Waals surface area contributed by atoms with Gasteiger partial charge in [-0.2, -0.15) is 5.10 Å². The molecule has 1 aromatic heterocycles. The van der Waals surface area contributed by atoms with Crippen LogP contribution in [0.1, 0.15) is 29.4 Å². The average Bonchev–Trinajstić information content (AvgIpc) is 2.79. The number of para-hydroxylation sites is 1. The molecule has 0 aliphatic heterocycles. The third-order valence-corrected chi connectivity index (χ3v) is 3.46. The van der Waals surface area contributed by atoms with Crippen LogP contribution in [0.25, 0.3) is 0 Å². The Balaban J connectivity index is 2.15. The molecule has 1 aromatic carbocycles. The second-order valence-electron chi connectivity index (χ2n) is 4.99. The number of hydrogen-bond acceptors (Lipinski definition) is 3. The molecule has 2 rings (SSSR count). The van der Waals surface area contributed by atoms with Crippen molar-refractivity contribution in [1.82, 2.24) is 9.78 Å². The first-order valence-electron chi connectivity index (χ1n) is 7.08. The molecule has 0 unspecified atom stereocenters. The zero-order chi connectivity index (χ0) is 14.5. The zero-order valence-electron chi connectivity index (χ0n) is 12.5. The molecule has 0 spiro atoms. The molecular formula is C16H23N3O. The number of aromatic nitrogens is 2. The van der Waals surface area contributed by atoms with E-state index in [0.717, 1.165) is 35.5 Å². The van der Waals surface area contributed by atoms with Gasteiger partial charge in [0, 0.05) is 7.05 Å². The Bertz CT molecular complexity index is 575. The first-order chi connectivity index (χ1) is 9.65. The third-order valence-electron chi connectivity index (χ3n) is 3.46. The molecule has 0 aliphatic carbocycles. The fraction of sp³-hybridized carbons (Fsp3) is 0.438. The summed E-state index contributed by atoms with van der Waals surface area (Å²) in [4.78, 5) is 0. The van der Waals surface area contributed by atoms with E-state index >= 15 is 0 Å². The van der Waals surface area contributed by atoms with Crippen LogP contribution in [0.5, 0.6) is 5.75 Å². The van der Waals surface area contributed by atoms with Crippen LogP contribution >= 0.6 is 0 Å². The van der Waals surface area contributed by atoms with E-state index in [-0.39, 0.29) is 0 Å². The van der Waals surface area contributed by atoms with Gasteiger partial charge in [0.15, 0.2) is 0 Å². The standard InChI is InChI=1S/C16H23N3O/c1-4-14-10-15(19(3)18-14)11-20-16-12(2)6-5-7-13(16)8-9-17/h5-7,10H,4,8-9,11,17H2,1-3H3. The van der Waals surface area contributed by atoms with E-state index in [1.54, 1.807) is 0 Å². The summed E-state index contributed by atoms with van der Waals surface area (Å²) in [6, 6.07) is 8.29. The molecular weight excluding hydrogens is 250 g/mol. The average molecular weight is 273 g/mol. The van der Waals surface area contributed by atoms with Crippen LogP contribution in [0.15, 0.2) is 24.3 Å². The summed E-state index contributed by atoms with van der Waals surface area (Å²) in [6.07, 6.45) is 1.78. The molecule has 0 atom stereocenters. The van der Waals surface area contributed by atoms with Crippen molar-refractivity contribution in [2.24, 2.45) is 12.8 Å². The Hall–Kier alpha value is -1.81. The van der Waals surface area contributed by atoms with Gasteiger partial charge < -0.3 is 10.5 Å². The number of benzene rings is 1. The Morgan fingerprint density at radius 2 is 2.15 bits per heavy atom. The highest BCUT2D eigenvalue weighted by atomic mass is 16.5. The van der Waals surface area contributed by atoms with Gasteiger partial charge in [-0.1, -0.05) is 25.1 Å². The summed E-state index contributed by atoms with van der Waals surface area (Å²) in [7, 11) is 1.95. The first-order valence-corrected chi connectivity index (χ1v) is 7.08. The minimum atomic E-state index is 0.534. The minimum Gasteiger partial charge on any atom is -0.487 e. The molecule has 4 nitrogen and oxygen atoms in total. The van der Waals surface area contributed by atoms with Crippen LogP contribution in [0, 0.1) is 6.92 Å². The van der Waals surface area contributed by atoms with Crippen molar-refractivity contribution >= 4 is 0 Å². The lowest BCUT2D eigenvalue weighted by Gasteiger charge is -2.13. The molecule has 20 heavy (non-hydrogen) atoms. The van der Waals surface area contributed by atoms with E-state index in [4.69, 9.17) is 10.5 Å². The van der Waals surface area contributed by atoms with Crippen LogP contribution in [-0.2, 0) is 26.5 Å².